The molecular weight excluding hydrogens is 526 g/mol. The third kappa shape index (κ3) is 10.8. The molecule has 2 aliphatic heterocycles. The molecule has 1 aliphatic carbocycles. The fraction of sp³-hybridized carbons (Fsp3) is 0.903. The van der Waals surface area contributed by atoms with Gasteiger partial charge in [-0.25, -0.2) is 0 Å². The van der Waals surface area contributed by atoms with Crippen LogP contribution in [0.25, 0.3) is 0 Å². The van der Waals surface area contributed by atoms with Crippen molar-refractivity contribution in [3.8, 4) is 0 Å². The molecule has 2 saturated heterocycles. The number of unbranched alkanes of at least 4 members (excludes halogenated alkanes) is 1. The standard InChI is InChI=1S/C31H57NO7Si/c1-31(2,3)40(5,6)37-22-25-24(15-9-7-8-10-16-28(33)32-23-34-4)26(38-29-17-11-13-19-35-29)21-27(25)39-30-18-12-14-20-36-30/h7,9,24-27,29-30H,8,10-23H2,1-6H3,(H,32,33)/t24-,25-,26+,27-,29?,30?/m1/s1. The molecule has 2 heterocycles. The Labute approximate surface area is 244 Å². The molecule has 0 radical (unpaired) electrons. The second-order valence-corrected chi connectivity index (χ2v) is 18.0. The van der Waals surface area contributed by atoms with Crippen LogP contribution in [0.5, 0.6) is 0 Å². The number of ether oxygens (including phenoxy) is 5. The Balaban J connectivity index is 1.69. The van der Waals surface area contributed by atoms with Crippen LogP contribution in [0.1, 0.15) is 91.4 Å². The van der Waals surface area contributed by atoms with Gasteiger partial charge in [-0.1, -0.05) is 32.9 Å². The van der Waals surface area contributed by atoms with Gasteiger partial charge in [-0.15, -0.1) is 0 Å². The van der Waals surface area contributed by atoms with Crippen LogP contribution >= 0.6 is 0 Å². The molecule has 1 saturated carbocycles. The highest BCUT2D eigenvalue weighted by atomic mass is 28.4. The van der Waals surface area contributed by atoms with Crippen LogP contribution in [0.4, 0.5) is 0 Å². The fourth-order valence-electron chi connectivity index (χ4n) is 5.54. The van der Waals surface area contributed by atoms with E-state index in [1.54, 1.807) is 7.11 Å². The molecule has 232 valence electrons. The molecule has 1 amide bonds. The minimum Gasteiger partial charge on any atom is -0.416 e. The highest BCUT2D eigenvalue weighted by Crippen LogP contribution is 2.43. The second kappa shape index (κ2) is 16.7. The van der Waals surface area contributed by atoms with Gasteiger partial charge in [0.25, 0.3) is 0 Å². The Morgan fingerprint density at radius 1 is 0.950 bits per heavy atom. The largest absolute Gasteiger partial charge is 0.416 e. The van der Waals surface area contributed by atoms with Crippen LogP contribution in [0.15, 0.2) is 12.2 Å². The summed E-state index contributed by atoms with van der Waals surface area (Å²) >= 11 is 0. The van der Waals surface area contributed by atoms with Crippen LogP contribution in [-0.2, 0) is 32.9 Å². The van der Waals surface area contributed by atoms with E-state index >= 15 is 0 Å². The van der Waals surface area contributed by atoms with E-state index < -0.39 is 8.32 Å². The van der Waals surface area contributed by atoms with Crippen molar-refractivity contribution < 1.29 is 32.9 Å². The first-order valence-electron chi connectivity index (χ1n) is 15.7. The predicted molar refractivity (Wildman–Crippen MR) is 159 cm³/mol. The molecule has 3 aliphatic rings. The molecule has 9 heteroatoms. The highest BCUT2D eigenvalue weighted by molar-refractivity contribution is 6.74. The van der Waals surface area contributed by atoms with E-state index in [9.17, 15) is 4.79 Å². The van der Waals surface area contributed by atoms with Crippen molar-refractivity contribution in [3.63, 3.8) is 0 Å². The molecule has 40 heavy (non-hydrogen) atoms. The highest BCUT2D eigenvalue weighted by Gasteiger charge is 2.48. The Morgan fingerprint density at radius 3 is 2.12 bits per heavy atom. The van der Waals surface area contributed by atoms with Gasteiger partial charge >= 0.3 is 0 Å². The molecule has 0 aromatic heterocycles. The lowest BCUT2D eigenvalue weighted by Crippen LogP contribution is -2.44. The summed E-state index contributed by atoms with van der Waals surface area (Å²) < 4.78 is 37.1. The van der Waals surface area contributed by atoms with Gasteiger partial charge in [0, 0.05) is 45.7 Å². The average molecular weight is 584 g/mol. The minimum atomic E-state index is -1.93. The molecule has 0 bridgehead atoms. The van der Waals surface area contributed by atoms with Crippen LogP contribution in [-0.4, -0.2) is 72.7 Å². The van der Waals surface area contributed by atoms with Gasteiger partial charge in [0.1, 0.15) is 6.73 Å². The maximum atomic E-state index is 11.9. The Morgan fingerprint density at radius 2 is 1.57 bits per heavy atom. The normalized spacial score (nSPS) is 30.1. The molecular formula is C31H57NO7Si. The first kappa shape index (κ1) is 33.7. The smallest absolute Gasteiger partial charge is 0.221 e. The topological polar surface area (TPSA) is 84.5 Å². The summed E-state index contributed by atoms with van der Waals surface area (Å²) in [6.45, 7) is 14.0. The lowest BCUT2D eigenvalue weighted by Gasteiger charge is -2.39. The van der Waals surface area contributed by atoms with Gasteiger partial charge in [0.15, 0.2) is 20.9 Å². The summed E-state index contributed by atoms with van der Waals surface area (Å²) in [4.78, 5) is 11.9. The third-order valence-corrected chi connectivity index (χ3v) is 13.6. The lowest BCUT2D eigenvalue weighted by molar-refractivity contribution is -0.204. The number of carbonyl (C=O) groups excluding carboxylic acids is 1. The van der Waals surface area contributed by atoms with Crippen LogP contribution in [0.3, 0.4) is 0 Å². The first-order valence-corrected chi connectivity index (χ1v) is 18.6. The average Bonchev–Trinajstić information content (AvgIpc) is 3.23. The van der Waals surface area contributed by atoms with E-state index in [0.29, 0.717) is 13.0 Å². The van der Waals surface area contributed by atoms with Crippen LogP contribution < -0.4 is 5.32 Å². The van der Waals surface area contributed by atoms with Crippen molar-refractivity contribution >= 4 is 14.2 Å². The minimum absolute atomic E-state index is 0.0275. The Hall–Kier alpha value is -0.813. The lowest BCUT2D eigenvalue weighted by atomic mass is 9.90. The summed E-state index contributed by atoms with van der Waals surface area (Å²) in [6, 6.07) is 0. The first-order chi connectivity index (χ1) is 19.1. The number of amides is 1. The summed E-state index contributed by atoms with van der Waals surface area (Å²) in [5, 5.41) is 2.89. The van der Waals surface area contributed by atoms with Crippen molar-refractivity contribution in [1.82, 2.24) is 5.32 Å². The van der Waals surface area contributed by atoms with E-state index in [2.05, 4.69) is 51.3 Å². The predicted octanol–water partition coefficient (Wildman–Crippen LogP) is 6.30. The van der Waals surface area contributed by atoms with Gasteiger partial charge in [-0.2, -0.15) is 0 Å². The van der Waals surface area contributed by atoms with Crippen molar-refractivity contribution in [2.24, 2.45) is 11.8 Å². The number of methoxy groups -OCH3 is 1. The van der Waals surface area contributed by atoms with Gasteiger partial charge < -0.3 is 33.4 Å². The van der Waals surface area contributed by atoms with Gasteiger partial charge in [-0.05, 0) is 81.8 Å². The molecule has 8 nitrogen and oxygen atoms in total. The fourth-order valence-corrected chi connectivity index (χ4v) is 6.58. The molecule has 0 spiro atoms. The van der Waals surface area contributed by atoms with Crippen molar-refractivity contribution in [1.29, 1.82) is 0 Å². The van der Waals surface area contributed by atoms with Gasteiger partial charge in [0.05, 0.1) is 12.2 Å². The Kier molecular flexibility index (Phi) is 14.1. The van der Waals surface area contributed by atoms with E-state index in [-0.39, 0.29) is 54.3 Å². The van der Waals surface area contributed by atoms with E-state index in [4.69, 9.17) is 28.1 Å². The van der Waals surface area contributed by atoms with Crippen molar-refractivity contribution in [3.05, 3.63) is 12.2 Å². The van der Waals surface area contributed by atoms with Crippen molar-refractivity contribution in [2.75, 3.05) is 33.7 Å². The summed E-state index contributed by atoms with van der Waals surface area (Å²) in [6.07, 6.45) is 14.6. The van der Waals surface area contributed by atoms with Crippen LogP contribution in [0.2, 0.25) is 18.1 Å². The van der Waals surface area contributed by atoms with E-state index in [1.165, 1.54) is 0 Å². The zero-order valence-corrected chi connectivity index (χ0v) is 27.1. The quantitative estimate of drug-likeness (QED) is 0.105. The number of rotatable bonds is 15. The molecule has 1 N–H and O–H groups in total. The van der Waals surface area contributed by atoms with Gasteiger partial charge in [0.2, 0.25) is 5.91 Å². The molecule has 3 rings (SSSR count). The summed E-state index contributed by atoms with van der Waals surface area (Å²) in [5.74, 6) is 0.516. The maximum Gasteiger partial charge on any atom is 0.221 e. The zero-order chi connectivity index (χ0) is 29.0. The maximum absolute atomic E-state index is 11.9. The second-order valence-electron chi connectivity index (χ2n) is 13.2. The molecule has 3 fully saturated rings. The number of carbonyl (C=O) groups is 1. The SMILES string of the molecule is COCNC(=O)CCCC=CC[C@@H]1[C@@H](CO[Si](C)(C)C(C)(C)C)[C@H](OC2CCCCO2)C[C@@H]1OC1CCCCO1. The zero-order valence-electron chi connectivity index (χ0n) is 26.1. The van der Waals surface area contributed by atoms with Crippen molar-refractivity contribution in [2.45, 2.75) is 134 Å². The molecule has 2 unspecified atom stereocenters. The summed E-state index contributed by atoms with van der Waals surface area (Å²) in [7, 11) is -0.360. The third-order valence-electron chi connectivity index (χ3n) is 9.10. The van der Waals surface area contributed by atoms with Gasteiger partial charge in [-0.3, -0.25) is 4.79 Å². The number of hydrogen-bond donors (Lipinski definition) is 1. The van der Waals surface area contributed by atoms with Crippen LogP contribution in [0, 0.1) is 11.8 Å². The number of nitrogens with one attached hydrogen (secondary N) is 1. The number of allylic oxidation sites excluding steroid dienone is 2. The van der Waals surface area contributed by atoms with E-state index in [0.717, 1.165) is 77.4 Å². The monoisotopic (exact) mass is 583 g/mol. The molecule has 6 atom stereocenters. The molecule has 0 aromatic carbocycles. The Bertz CT molecular complexity index is 759. The summed E-state index contributed by atoms with van der Waals surface area (Å²) in [5.41, 5.74) is 0. The van der Waals surface area contributed by atoms with E-state index in [1.807, 2.05) is 0 Å². The number of hydrogen-bond acceptors (Lipinski definition) is 7. The molecule has 0 aromatic rings.